The number of rotatable bonds is 2. The number of fused-ring (bicyclic) bond motifs is 1. The fourth-order valence-electron chi connectivity index (χ4n) is 2.35. The number of ketones is 1. The Kier molecular flexibility index (Phi) is 3.03. The summed E-state index contributed by atoms with van der Waals surface area (Å²) in [5.74, 6) is -0.718. The minimum atomic E-state index is -0.416. The van der Waals surface area contributed by atoms with E-state index in [0.717, 1.165) is 0 Å². The molecule has 21 heavy (non-hydrogen) atoms. The van der Waals surface area contributed by atoms with Crippen LogP contribution < -0.4 is 0 Å². The Morgan fingerprint density at radius 3 is 2.81 bits per heavy atom. The van der Waals surface area contributed by atoms with Gasteiger partial charge in [0.05, 0.1) is 11.6 Å². The van der Waals surface area contributed by atoms with E-state index in [2.05, 4.69) is 11.1 Å². The first-order valence-corrected chi connectivity index (χ1v) is 6.43. The van der Waals surface area contributed by atoms with Crippen molar-refractivity contribution >= 4 is 16.7 Å². The number of aromatic amines is 1. The zero-order valence-electron chi connectivity index (χ0n) is 11.3. The van der Waals surface area contributed by atoms with Crippen molar-refractivity contribution in [3.05, 3.63) is 70.7 Å². The third-order valence-electron chi connectivity index (χ3n) is 3.50. The summed E-state index contributed by atoms with van der Waals surface area (Å²) in [6.07, 6.45) is 1.56. The Morgan fingerprint density at radius 1 is 1.29 bits per heavy atom. The number of nitrogens with one attached hydrogen (secondary N) is 1. The number of aryl methyl sites for hydroxylation is 1. The van der Waals surface area contributed by atoms with Crippen LogP contribution in [0, 0.1) is 24.1 Å². The second kappa shape index (κ2) is 4.88. The lowest BCUT2D eigenvalue weighted by atomic mass is 9.99. The lowest BCUT2D eigenvalue weighted by molar-refractivity contribution is 0.104. The highest BCUT2D eigenvalue weighted by Gasteiger charge is 2.17. The molecule has 0 aliphatic rings. The number of aromatic nitrogens is 1. The van der Waals surface area contributed by atoms with Gasteiger partial charge in [0.2, 0.25) is 0 Å². The van der Waals surface area contributed by atoms with Gasteiger partial charge in [-0.25, -0.2) is 4.39 Å². The van der Waals surface area contributed by atoms with Crippen LogP contribution in [0.2, 0.25) is 0 Å². The van der Waals surface area contributed by atoms with E-state index in [-0.39, 0.29) is 11.3 Å². The summed E-state index contributed by atoms with van der Waals surface area (Å²) in [7, 11) is 0. The van der Waals surface area contributed by atoms with Crippen LogP contribution in [0.15, 0.2) is 42.6 Å². The van der Waals surface area contributed by atoms with Crippen LogP contribution in [0.3, 0.4) is 0 Å². The molecule has 0 bridgehead atoms. The first kappa shape index (κ1) is 13.1. The molecule has 0 aliphatic heterocycles. The summed E-state index contributed by atoms with van der Waals surface area (Å²) in [6, 6.07) is 11.7. The van der Waals surface area contributed by atoms with E-state index in [1.807, 2.05) is 0 Å². The average molecular weight is 278 g/mol. The quantitative estimate of drug-likeness (QED) is 0.726. The van der Waals surface area contributed by atoms with E-state index in [0.29, 0.717) is 27.6 Å². The lowest BCUT2D eigenvalue weighted by Gasteiger charge is -2.03. The van der Waals surface area contributed by atoms with Gasteiger partial charge < -0.3 is 4.98 Å². The van der Waals surface area contributed by atoms with Crippen molar-refractivity contribution in [2.45, 2.75) is 6.92 Å². The van der Waals surface area contributed by atoms with Gasteiger partial charge in [-0.2, -0.15) is 5.26 Å². The summed E-state index contributed by atoms with van der Waals surface area (Å²) in [5, 5.41) is 9.75. The Bertz CT molecular complexity index is 903. The molecule has 4 heteroatoms. The molecule has 3 nitrogen and oxygen atoms in total. The number of H-pyrrole nitrogens is 1. The molecule has 102 valence electrons. The molecule has 0 saturated heterocycles. The van der Waals surface area contributed by atoms with Gasteiger partial charge >= 0.3 is 0 Å². The monoisotopic (exact) mass is 278 g/mol. The summed E-state index contributed by atoms with van der Waals surface area (Å²) in [5.41, 5.74) is 2.27. The van der Waals surface area contributed by atoms with Crippen molar-refractivity contribution in [1.29, 1.82) is 5.26 Å². The minimum Gasteiger partial charge on any atom is -0.360 e. The second-order valence-corrected chi connectivity index (χ2v) is 4.84. The maximum absolute atomic E-state index is 13.6. The van der Waals surface area contributed by atoms with Crippen LogP contribution in [0.1, 0.15) is 27.0 Å². The Morgan fingerprint density at radius 2 is 2.10 bits per heavy atom. The van der Waals surface area contributed by atoms with Crippen molar-refractivity contribution in [1.82, 2.24) is 4.98 Å². The summed E-state index contributed by atoms with van der Waals surface area (Å²) >= 11 is 0. The van der Waals surface area contributed by atoms with Crippen LogP contribution in [0.25, 0.3) is 10.9 Å². The molecule has 3 aromatic rings. The van der Waals surface area contributed by atoms with Gasteiger partial charge in [-0.1, -0.05) is 18.2 Å². The standard InChI is InChI=1S/C17H11FN2O/c1-10-5-6-11(7-14(10)18)17(21)13-9-20-15-4-2-3-12(8-19)16(13)15/h2-7,9,20H,1H3. The van der Waals surface area contributed by atoms with Crippen LogP contribution >= 0.6 is 0 Å². The van der Waals surface area contributed by atoms with E-state index in [1.165, 1.54) is 6.07 Å². The maximum Gasteiger partial charge on any atom is 0.195 e. The molecular formula is C17H11FN2O. The topological polar surface area (TPSA) is 56.6 Å². The number of nitrogens with zero attached hydrogens (tertiary/aromatic N) is 1. The molecule has 0 saturated carbocycles. The highest BCUT2D eigenvalue weighted by molar-refractivity contribution is 6.17. The van der Waals surface area contributed by atoms with Crippen LogP contribution in [0.5, 0.6) is 0 Å². The highest BCUT2D eigenvalue weighted by atomic mass is 19.1. The van der Waals surface area contributed by atoms with Crippen LogP contribution in [-0.4, -0.2) is 10.8 Å². The summed E-state index contributed by atoms with van der Waals surface area (Å²) in [6.45, 7) is 1.64. The van der Waals surface area contributed by atoms with E-state index in [1.54, 1.807) is 43.5 Å². The van der Waals surface area contributed by atoms with Crippen LogP contribution in [0.4, 0.5) is 4.39 Å². The van der Waals surface area contributed by atoms with Gasteiger partial charge in [0.15, 0.2) is 5.78 Å². The molecule has 1 aromatic heterocycles. The first-order valence-electron chi connectivity index (χ1n) is 6.43. The van der Waals surface area contributed by atoms with Gasteiger partial charge in [-0.15, -0.1) is 0 Å². The molecule has 3 rings (SSSR count). The molecule has 0 spiro atoms. The van der Waals surface area contributed by atoms with Crippen molar-refractivity contribution in [3.8, 4) is 6.07 Å². The van der Waals surface area contributed by atoms with Gasteiger partial charge in [0.25, 0.3) is 0 Å². The second-order valence-electron chi connectivity index (χ2n) is 4.84. The molecule has 0 aliphatic carbocycles. The van der Waals surface area contributed by atoms with Crippen molar-refractivity contribution < 1.29 is 9.18 Å². The van der Waals surface area contributed by atoms with E-state index >= 15 is 0 Å². The normalized spacial score (nSPS) is 10.5. The predicted octanol–water partition coefficient (Wildman–Crippen LogP) is 3.72. The molecule has 1 N–H and O–H groups in total. The first-order chi connectivity index (χ1) is 10.1. The van der Waals surface area contributed by atoms with E-state index < -0.39 is 5.82 Å². The zero-order valence-corrected chi connectivity index (χ0v) is 11.3. The number of halogens is 1. The van der Waals surface area contributed by atoms with Gasteiger partial charge in [0.1, 0.15) is 5.82 Å². The Labute approximate surface area is 120 Å². The minimum absolute atomic E-state index is 0.270. The van der Waals surface area contributed by atoms with E-state index in [9.17, 15) is 14.4 Å². The molecule has 0 radical (unpaired) electrons. The number of carbonyl (C=O) groups excluding carboxylic acids is 1. The molecule has 2 aromatic carbocycles. The van der Waals surface area contributed by atoms with Gasteiger partial charge in [0, 0.05) is 28.2 Å². The molecule has 1 heterocycles. The number of nitriles is 1. The number of carbonyl (C=O) groups is 1. The van der Waals surface area contributed by atoms with Crippen molar-refractivity contribution in [3.63, 3.8) is 0 Å². The summed E-state index contributed by atoms with van der Waals surface area (Å²) in [4.78, 5) is 15.5. The van der Waals surface area contributed by atoms with Gasteiger partial charge in [-0.05, 0) is 30.7 Å². The van der Waals surface area contributed by atoms with E-state index in [4.69, 9.17) is 0 Å². The Balaban J connectivity index is 2.18. The highest BCUT2D eigenvalue weighted by Crippen LogP contribution is 2.25. The Hall–Kier alpha value is -2.93. The van der Waals surface area contributed by atoms with Crippen molar-refractivity contribution in [2.75, 3.05) is 0 Å². The lowest BCUT2D eigenvalue weighted by Crippen LogP contribution is -2.02. The number of benzene rings is 2. The number of hydrogen-bond donors (Lipinski definition) is 1. The van der Waals surface area contributed by atoms with Crippen molar-refractivity contribution in [2.24, 2.45) is 0 Å². The number of hydrogen-bond acceptors (Lipinski definition) is 2. The summed E-state index contributed by atoms with van der Waals surface area (Å²) < 4.78 is 13.6. The zero-order chi connectivity index (χ0) is 15.0. The van der Waals surface area contributed by atoms with Gasteiger partial charge in [-0.3, -0.25) is 4.79 Å². The molecule has 0 fully saturated rings. The molecule has 0 amide bonds. The molecular weight excluding hydrogens is 267 g/mol. The fraction of sp³-hybridized carbons (Fsp3) is 0.0588. The smallest absolute Gasteiger partial charge is 0.195 e. The third-order valence-corrected chi connectivity index (χ3v) is 3.50. The fourth-order valence-corrected chi connectivity index (χ4v) is 2.35. The SMILES string of the molecule is Cc1ccc(C(=O)c2c[nH]c3cccc(C#N)c23)cc1F. The molecule has 0 unspecified atom stereocenters. The maximum atomic E-state index is 13.6. The van der Waals surface area contributed by atoms with Crippen LogP contribution in [-0.2, 0) is 0 Å². The average Bonchev–Trinajstić information content (AvgIpc) is 2.93. The largest absolute Gasteiger partial charge is 0.360 e. The third kappa shape index (κ3) is 2.09. The molecule has 0 atom stereocenters. The predicted molar refractivity (Wildman–Crippen MR) is 77.6 cm³/mol.